The molecule has 1 atom stereocenters. The molecule has 0 amide bonds. The van der Waals surface area contributed by atoms with E-state index in [2.05, 4.69) is 49.2 Å². The van der Waals surface area contributed by atoms with Gasteiger partial charge in [-0.1, -0.05) is 0 Å². The molecule has 4 nitrogen and oxygen atoms in total. The van der Waals surface area contributed by atoms with Gasteiger partial charge in [-0.3, -0.25) is 5.10 Å². The molecule has 0 saturated carbocycles. The van der Waals surface area contributed by atoms with Crippen molar-refractivity contribution in [3.63, 3.8) is 0 Å². The first-order valence-corrected chi connectivity index (χ1v) is 8.08. The molecule has 3 rings (SSSR count). The van der Waals surface area contributed by atoms with Crippen LogP contribution in [0.1, 0.15) is 35.1 Å². The Morgan fingerprint density at radius 1 is 1.56 bits per heavy atom. The van der Waals surface area contributed by atoms with Gasteiger partial charge in [-0.25, -0.2) is 4.98 Å². The van der Waals surface area contributed by atoms with Gasteiger partial charge >= 0.3 is 0 Å². The van der Waals surface area contributed by atoms with Crippen LogP contribution in [0, 0.1) is 2.88 Å². The number of thiophene rings is 1. The molecule has 1 unspecified atom stereocenters. The van der Waals surface area contributed by atoms with E-state index in [9.17, 15) is 0 Å². The summed E-state index contributed by atoms with van der Waals surface area (Å²) in [5, 5.41) is 10.4. The molecule has 0 bridgehead atoms. The van der Waals surface area contributed by atoms with E-state index in [4.69, 9.17) is 0 Å². The summed E-state index contributed by atoms with van der Waals surface area (Å²) in [6.45, 7) is 0.950. The largest absolute Gasteiger partial charge is 0.309 e. The zero-order valence-electron chi connectivity index (χ0n) is 9.95. The van der Waals surface area contributed by atoms with E-state index >= 15 is 0 Å². The molecule has 2 aromatic heterocycles. The molecule has 1 aliphatic carbocycles. The highest BCUT2D eigenvalue weighted by Gasteiger charge is 2.21. The monoisotopic (exact) mass is 374 g/mol. The van der Waals surface area contributed by atoms with Gasteiger partial charge in [0.05, 0.1) is 2.88 Å². The first-order valence-electron chi connectivity index (χ1n) is 6.18. The summed E-state index contributed by atoms with van der Waals surface area (Å²) >= 11 is 4.37. The SMILES string of the molecule is Ic1cc2c(s1)CCCC2NCCc1ncn[nH]1. The Labute approximate surface area is 124 Å². The molecule has 0 aliphatic heterocycles. The summed E-state index contributed by atoms with van der Waals surface area (Å²) in [6, 6.07) is 2.86. The van der Waals surface area contributed by atoms with Crippen molar-refractivity contribution < 1.29 is 0 Å². The normalized spacial score (nSPS) is 18.8. The van der Waals surface area contributed by atoms with Crippen LogP contribution < -0.4 is 5.32 Å². The average molecular weight is 374 g/mol. The molecular formula is C12H15IN4S. The number of hydrogen-bond acceptors (Lipinski definition) is 4. The molecular weight excluding hydrogens is 359 g/mol. The Balaban J connectivity index is 1.60. The number of nitrogens with zero attached hydrogens (tertiary/aromatic N) is 2. The molecule has 0 spiro atoms. The lowest BCUT2D eigenvalue weighted by atomic mass is 9.94. The fraction of sp³-hybridized carbons (Fsp3) is 0.500. The molecule has 18 heavy (non-hydrogen) atoms. The van der Waals surface area contributed by atoms with Crippen molar-refractivity contribution in [3.05, 3.63) is 31.5 Å². The van der Waals surface area contributed by atoms with E-state index in [1.54, 1.807) is 11.2 Å². The van der Waals surface area contributed by atoms with Crippen LogP contribution >= 0.6 is 33.9 Å². The third kappa shape index (κ3) is 2.75. The minimum absolute atomic E-state index is 0.524. The van der Waals surface area contributed by atoms with Crippen molar-refractivity contribution in [1.82, 2.24) is 20.5 Å². The van der Waals surface area contributed by atoms with Crippen LogP contribution in [0.25, 0.3) is 0 Å². The van der Waals surface area contributed by atoms with E-state index in [0.717, 1.165) is 18.8 Å². The van der Waals surface area contributed by atoms with Crippen molar-refractivity contribution in [3.8, 4) is 0 Å². The Morgan fingerprint density at radius 3 is 3.33 bits per heavy atom. The van der Waals surface area contributed by atoms with Gasteiger partial charge < -0.3 is 5.32 Å². The molecule has 0 saturated heterocycles. The fourth-order valence-corrected chi connectivity index (χ4v) is 4.57. The highest BCUT2D eigenvalue weighted by molar-refractivity contribution is 14.1. The van der Waals surface area contributed by atoms with Crippen LogP contribution in [0.4, 0.5) is 0 Å². The van der Waals surface area contributed by atoms with Crippen molar-refractivity contribution >= 4 is 33.9 Å². The molecule has 2 heterocycles. The van der Waals surface area contributed by atoms with E-state index in [-0.39, 0.29) is 0 Å². The van der Waals surface area contributed by atoms with Gasteiger partial charge in [-0.2, -0.15) is 5.10 Å². The topological polar surface area (TPSA) is 53.6 Å². The Hall–Kier alpha value is -0.470. The number of halogens is 1. The van der Waals surface area contributed by atoms with Gasteiger partial charge in [0, 0.05) is 23.9 Å². The minimum atomic E-state index is 0.524. The highest BCUT2D eigenvalue weighted by atomic mass is 127. The van der Waals surface area contributed by atoms with Gasteiger partial charge in [0.2, 0.25) is 0 Å². The number of hydrogen-bond donors (Lipinski definition) is 2. The van der Waals surface area contributed by atoms with E-state index in [1.165, 1.54) is 27.7 Å². The van der Waals surface area contributed by atoms with E-state index in [0.29, 0.717) is 6.04 Å². The standard InChI is InChI=1S/C12H15IN4S/c13-11-6-8-9(2-1-3-10(8)18-11)14-5-4-12-15-7-16-17-12/h6-7,9,14H,1-5H2,(H,15,16,17). The number of aromatic nitrogens is 3. The van der Waals surface area contributed by atoms with Crippen LogP contribution in [-0.2, 0) is 12.8 Å². The number of H-pyrrole nitrogens is 1. The molecule has 0 aromatic carbocycles. The molecule has 0 fully saturated rings. The first kappa shape index (κ1) is 12.6. The van der Waals surface area contributed by atoms with Gasteiger partial charge in [0.15, 0.2) is 0 Å². The van der Waals surface area contributed by atoms with Crippen LogP contribution in [0.3, 0.4) is 0 Å². The number of rotatable bonds is 4. The average Bonchev–Trinajstić information content (AvgIpc) is 2.97. The second kappa shape index (κ2) is 5.66. The summed E-state index contributed by atoms with van der Waals surface area (Å²) in [4.78, 5) is 5.71. The smallest absolute Gasteiger partial charge is 0.137 e. The lowest BCUT2D eigenvalue weighted by Gasteiger charge is -2.23. The summed E-state index contributed by atoms with van der Waals surface area (Å²) < 4.78 is 1.40. The fourth-order valence-electron chi connectivity index (χ4n) is 2.45. The summed E-state index contributed by atoms with van der Waals surface area (Å²) in [7, 11) is 0. The van der Waals surface area contributed by atoms with Crippen molar-refractivity contribution in [1.29, 1.82) is 0 Å². The maximum atomic E-state index is 4.14. The molecule has 1 aliphatic rings. The number of nitrogens with one attached hydrogen (secondary N) is 2. The maximum Gasteiger partial charge on any atom is 0.137 e. The summed E-state index contributed by atoms with van der Waals surface area (Å²) in [5.74, 6) is 0.957. The molecule has 96 valence electrons. The van der Waals surface area contributed by atoms with Crippen molar-refractivity contribution in [2.24, 2.45) is 0 Å². The highest BCUT2D eigenvalue weighted by Crippen LogP contribution is 2.36. The molecule has 2 N–H and O–H groups in total. The summed E-state index contributed by atoms with van der Waals surface area (Å²) in [5.41, 5.74) is 1.52. The molecule has 6 heteroatoms. The predicted octanol–water partition coefficient (Wildman–Crippen LogP) is 2.68. The molecule has 2 aromatic rings. The zero-order chi connectivity index (χ0) is 12.4. The van der Waals surface area contributed by atoms with E-state index < -0.39 is 0 Å². The van der Waals surface area contributed by atoms with E-state index in [1.807, 2.05) is 11.3 Å². The number of aryl methyl sites for hydroxylation is 1. The second-order valence-electron chi connectivity index (χ2n) is 4.51. The van der Waals surface area contributed by atoms with Gasteiger partial charge in [-0.15, -0.1) is 11.3 Å². The second-order valence-corrected chi connectivity index (χ2v) is 7.54. The zero-order valence-corrected chi connectivity index (χ0v) is 12.9. The van der Waals surface area contributed by atoms with Gasteiger partial charge in [0.1, 0.15) is 12.2 Å². The third-order valence-electron chi connectivity index (χ3n) is 3.30. The Bertz CT molecular complexity index is 508. The Morgan fingerprint density at radius 2 is 2.50 bits per heavy atom. The summed E-state index contributed by atoms with van der Waals surface area (Å²) in [6.07, 6.45) is 6.27. The maximum absolute atomic E-state index is 4.14. The van der Waals surface area contributed by atoms with Crippen molar-refractivity contribution in [2.45, 2.75) is 31.7 Å². The van der Waals surface area contributed by atoms with Gasteiger partial charge in [-0.05, 0) is 53.5 Å². The lowest BCUT2D eigenvalue weighted by Crippen LogP contribution is -2.26. The number of aromatic amines is 1. The van der Waals surface area contributed by atoms with Crippen LogP contribution in [0.2, 0.25) is 0 Å². The number of fused-ring (bicyclic) bond motifs is 1. The van der Waals surface area contributed by atoms with Gasteiger partial charge in [0.25, 0.3) is 0 Å². The predicted molar refractivity (Wildman–Crippen MR) is 80.8 cm³/mol. The molecule has 0 radical (unpaired) electrons. The van der Waals surface area contributed by atoms with Crippen LogP contribution in [0.5, 0.6) is 0 Å². The minimum Gasteiger partial charge on any atom is -0.309 e. The van der Waals surface area contributed by atoms with Crippen LogP contribution in [-0.4, -0.2) is 21.7 Å². The van der Waals surface area contributed by atoms with Crippen LogP contribution in [0.15, 0.2) is 12.4 Å². The van der Waals surface area contributed by atoms with Crippen molar-refractivity contribution in [2.75, 3.05) is 6.54 Å². The first-order chi connectivity index (χ1) is 8.83. The Kier molecular flexibility index (Phi) is 3.95. The third-order valence-corrected chi connectivity index (χ3v) is 5.27. The quantitative estimate of drug-likeness (QED) is 0.810. The lowest BCUT2D eigenvalue weighted by molar-refractivity contribution is 0.465.